The molecule has 8 nitrogen and oxygen atoms in total. The lowest BCUT2D eigenvalue weighted by atomic mass is 10.6. The summed E-state index contributed by atoms with van der Waals surface area (Å²) in [5.41, 5.74) is 13.0. The molecule has 0 aliphatic heterocycles. The van der Waals surface area contributed by atoms with Crippen molar-refractivity contribution in [3.8, 4) is 0 Å². The minimum atomic E-state index is -0.708. The third kappa shape index (κ3) is 7.58. The van der Waals surface area contributed by atoms with Gasteiger partial charge in [0.25, 0.3) is 0 Å². The summed E-state index contributed by atoms with van der Waals surface area (Å²) >= 11 is 0. The Hall–Kier alpha value is -0.320. The molecule has 0 atom stereocenters. The van der Waals surface area contributed by atoms with Crippen molar-refractivity contribution in [2.45, 2.75) is 5.91 Å². The minimum Gasteiger partial charge on any atom is -0.247 e. The molecule has 8 heteroatoms. The van der Waals surface area contributed by atoms with Crippen LogP contribution in [0.5, 0.6) is 0 Å². The van der Waals surface area contributed by atoms with E-state index < -0.39 is 5.91 Å². The van der Waals surface area contributed by atoms with Crippen LogP contribution < -0.4 is 21.7 Å². The standard InChI is InChI=1S/C9H28N8/c1-14(2)10-9(11-15(3)4,12-16(5)6)13-17(7)8/h10-13H,1-8H3. The van der Waals surface area contributed by atoms with E-state index in [0.717, 1.165) is 0 Å². The first kappa shape index (κ1) is 16.7. The molecule has 0 aromatic rings. The van der Waals surface area contributed by atoms with Crippen LogP contribution in [0.25, 0.3) is 0 Å². The molecule has 0 radical (unpaired) electrons. The summed E-state index contributed by atoms with van der Waals surface area (Å²) in [4.78, 5) is 0. The summed E-state index contributed by atoms with van der Waals surface area (Å²) < 4.78 is 0. The normalized spacial score (nSPS) is 13.4. The molecule has 0 aliphatic rings. The number of nitrogens with one attached hydrogen (secondary N) is 4. The number of hydrazine groups is 4. The highest BCUT2D eigenvalue weighted by Gasteiger charge is 2.32. The molecule has 104 valence electrons. The molecular weight excluding hydrogens is 220 g/mol. The summed E-state index contributed by atoms with van der Waals surface area (Å²) in [6.07, 6.45) is 0. The highest BCUT2D eigenvalue weighted by Crippen LogP contribution is 1.94. The van der Waals surface area contributed by atoms with Gasteiger partial charge in [-0.05, 0) is 0 Å². The van der Waals surface area contributed by atoms with Gasteiger partial charge in [0.1, 0.15) is 0 Å². The van der Waals surface area contributed by atoms with Crippen molar-refractivity contribution in [1.29, 1.82) is 0 Å². The van der Waals surface area contributed by atoms with Crippen LogP contribution in [-0.4, -0.2) is 82.3 Å². The van der Waals surface area contributed by atoms with Crippen molar-refractivity contribution in [2.24, 2.45) is 0 Å². The van der Waals surface area contributed by atoms with E-state index >= 15 is 0 Å². The van der Waals surface area contributed by atoms with Gasteiger partial charge in [-0.1, -0.05) is 0 Å². The molecule has 0 rings (SSSR count). The fourth-order valence-electron chi connectivity index (χ4n) is 1.49. The van der Waals surface area contributed by atoms with Crippen LogP contribution in [0.15, 0.2) is 0 Å². The highest BCUT2D eigenvalue weighted by molar-refractivity contribution is 4.73. The Labute approximate surface area is 105 Å². The second-order valence-corrected chi connectivity index (χ2v) is 4.77. The second-order valence-electron chi connectivity index (χ2n) is 4.77. The van der Waals surface area contributed by atoms with Gasteiger partial charge in [0.2, 0.25) is 5.91 Å². The summed E-state index contributed by atoms with van der Waals surface area (Å²) in [6.45, 7) is 0. The van der Waals surface area contributed by atoms with E-state index in [-0.39, 0.29) is 0 Å². The average Bonchev–Trinajstić information content (AvgIpc) is 1.95. The Bertz CT molecular complexity index is 158. The first-order valence-corrected chi connectivity index (χ1v) is 5.47. The lowest BCUT2D eigenvalue weighted by Crippen LogP contribution is -2.82. The summed E-state index contributed by atoms with van der Waals surface area (Å²) in [5, 5.41) is 7.46. The third-order valence-electron chi connectivity index (χ3n) is 1.57. The molecule has 0 saturated heterocycles. The summed E-state index contributed by atoms with van der Waals surface area (Å²) in [7, 11) is 15.5. The Morgan fingerprint density at radius 1 is 0.471 bits per heavy atom. The smallest absolute Gasteiger partial charge is 0.233 e. The lowest BCUT2D eigenvalue weighted by molar-refractivity contribution is -0.0760. The maximum absolute atomic E-state index is 3.26. The summed E-state index contributed by atoms with van der Waals surface area (Å²) in [6, 6.07) is 0. The quantitative estimate of drug-likeness (QED) is 0.287. The molecule has 0 aromatic heterocycles. The Kier molecular flexibility index (Phi) is 7.05. The van der Waals surface area contributed by atoms with Gasteiger partial charge in [-0.25, -0.2) is 41.7 Å². The maximum atomic E-state index is 3.26. The lowest BCUT2D eigenvalue weighted by Gasteiger charge is -2.43. The molecule has 0 bridgehead atoms. The van der Waals surface area contributed by atoms with Crippen LogP contribution in [0.3, 0.4) is 0 Å². The Morgan fingerprint density at radius 3 is 0.765 bits per heavy atom. The molecule has 0 spiro atoms. The first-order valence-electron chi connectivity index (χ1n) is 5.47. The average molecular weight is 248 g/mol. The molecule has 0 heterocycles. The van der Waals surface area contributed by atoms with Crippen molar-refractivity contribution < 1.29 is 0 Å². The molecule has 0 unspecified atom stereocenters. The van der Waals surface area contributed by atoms with Crippen LogP contribution in [0.1, 0.15) is 0 Å². The van der Waals surface area contributed by atoms with Gasteiger partial charge in [0, 0.05) is 56.4 Å². The van der Waals surface area contributed by atoms with Crippen molar-refractivity contribution in [3.63, 3.8) is 0 Å². The van der Waals surface area contributed by atoms with Crippen molar-refractivity contribution in [3.05, 3.63) is 0 Å². The van der Waals surface area contributed by atoms with Crippen LogP contribution in [0.4, 0.5) is 0 Å². The molecule has 0 saturated carbocycles. The summed E-state index contributed by atoms with van der Waals surface area (Å²) in [5.74, 6) is -0.708. The zero-order valence-corrected chi connectivity index (χ0v) is 12.3. The second kappa shape index (κ2) is 7.19. The molecule has 17 heavy (non-hydrogen) atoms. The van der Waals surface area contributed by atoms with Gasteiger partial charge < -0.3 is 0 Å². The van der Waals surface area contributed by atoms with Crippen LogP contribution >= 0.6 is 0 Å². The molecule has 0 amide bonds. The predicted molar refractivity (Wildman–Crippen MR) is 70.0 cm³/mol. The van der Waals surface area contributed by atoms with Gasteiger partial charge in [-0.15, -0.1) is 0 Å². The van der Waals surface area contributed by atoms with Gasteiger partial charge in [0.15, 0.2) is 0 Å². The van der Waals surface area contributed by atoms with Crippen LogP contribution in [0, 0.1) is 0 Å². The van der Waals surface area contributed by atoms with E-state index in [1.807, 2.05) is 76.4 Å². The topological polar surface area (TPSA) is 61.1 Å². The van der Waals surface area contributed by atoms with E-state index in [0.29, 0.717) is 0 Å². The zero-order valence-electron chi connectivity index (χ0n) is 12.3. The van der Waals surface area contributed by atoms with E-state index in [1.165, 1.54) is 0 Å². The van der Waals surface area contributed by atoms with Gasteiger partial charge in [-0.2, -0.15) is 0 Å². The van der Waals surface area contributed by atoms with Gasteiger partial charge in [-0.3, -0.25) is 0 Å². The van der Waals surface area contributed by atoms with E-state index in [9.17, 15) is 0 Å². The highest BCUT2D eigenvalue weighted by atomic mass is 15.8. The fraction of sp³-hybridized carbons (Fsp3) is 1.00. The van der Waals surface area contributed by atoms with E-state index in [1.54, 1.807) is 0 Å². The van der Waals surface area contributed by atoms with Crippen LogP contribution in [0.2, 0.25) is 0 Å². The molecular formula is C9H28N8. The van der Waals surface area contributed by atoms with E-state index in [2.05, 4.69) is 21.7 Å². The number of hydrogen-bond donors (Lipinski definition) is 4. The molecule has 0 fully saturated rings. The zero-order chi connectivity index (χ0) is 13.6. The molecule has 0 aliphatic carbocycles. The predicted octanol–water partition coefficient (Wildman–Crippen LogP) is -2.14. The van der Waals surface area contributed by atoms with E-state index in [4.69, 9.17) is 0 Å². The number of nitrogens with zero attached hydrogens (tertiary/aromatic N) is 4. The molecule has 4 N–H and O–H groups in total. The third-order valence-corrected chi connectivity index (χ3v) is 1.57. The maximum Gasteiger partial charge on any atom is 0.233 e. The van der Waals surface area contributed by atoms with Crippen molar-refractivity contribution in [2.75, 3.05) is 56.4 Å². The Balaban J connectivity index is 4.89. The van der Waals surface area contributed by atoms with Gasteiger partial charge >= 0.3 is 0 Å². The Morgan fingerprint density at radius 2 is 0.647 bits per heavy atom. The molecule has 0 aromatic carbocycles. The van der Waals surface area contributed by atoms with Crippen LogP contribution in [-0.2, 0) is 0 Å². The van der Waals surface area contributed by atoms with Gasteiger partial charge in [0.05, 0.1) is 0 Å². The number of rotatable bonds is 8. The monoisotopic (exact) mass is 248 g/mol. The SMILES string of the molecule is CN(C)NC(NN(C)C)(NN(C)C)NN(C)C. The largest absolute Gasteiger partial charge is 0.247 e. The van der Waals surface area contributed by atoms with Crippen molar-refractivity contribution >= 4 is 0 Å². The fourth-order valence-corrected chi connectivity index (χ4v) is 1.49. The first-order chi connectivity index (χ1) is 7.67. The van der Waals surface area contributed by atoms with Crippen molar-refractivity contribution in [1.82, 2.24) is 41.7 Å². The number of hydrogen-bond acceptors (Lipinski definition) is 8. The minimum absolute atomic E-state index is 0.708.